The molecular formula is C11H15ClFNO. The minimum atomic E-state index is -0.789. The molecule has 1 aromatic rings. The highest BCUT2D eigenvalue weighted by atomic mass is 35.5. The Labute approximate surface area is 94.9 Å². The van der Waals surface area contributed by atoms with Gasteiger partial charge in [-0.05, 0) is 24.6 Å². The number of phenols is 1. The zero-order valence-electron chi connectivity index (χ0n) is 8.53. The molecule has 2 N–H and O–H groups in total. The summed E-state index contributed by atoms with van der Waals surface area (Å²) < 4.78 is 13.1. The van der Waals surface area contributed by atoms with Gasteiger partial charge in [0.15, 0.2) is 0 Å². The first kappa shape index (κ1) is 12.3. The van der Waals surface area contributed by atoms with Gasteiger partial charge in [-0.15, -0.1) is 12.4 Å². The monoisotopic (exact) mass is 231 g/mol. The fraction of sp³-hybridized carbons (Fsp3) is 0.455. The van der Waals surface area contributed by atoms with Crippen LogP contribution in [0.3, 0.4) is 0 Å². The molecule has 0 aliphatic carbocycles. The highest BCUT2D eigenvalue weighted by Crippen LogP contribution is 2.32. The third-order valence-corrected chi connectivity index (χ3v) is 2.83. The van der Waals surface area contributed by atoms with Crippen LogP contribution in [0.15, 0.2) is 24.3 Å². The van der Waals surface area contributed by atoms with Crippen molar-refractivity contribution < 1.29 is 9.50 Å². The molecule has 84 valence electrons. The number of phenolic OH excluding ortho intramolecular Hbond substituents is 1. The van der Waals surface area contributed by atoms with Crippen LogP contribution in [0.1, 0.15) is 18.9 Å². The Kier molecular flexibility index (Phi) is 3.58. The second kappa shape index (κ2) is 4.37. The fourth-order valence-electron chi connectivity index (χ4n) is 1.99. The number of nitrogens with one attached hydrogen (secondary N) is 1. The quantitative estimate of drug-likeness (QED) is 0.778. The maximum Gasteiger partial charge on any atom is 0.115 e. The molecule has 0 bridgehead atoms. The average Bonchev–Trinajstić information content (AvgIpc) is 2.48. The predicted octanol–water partition coefficient (Wildman–Crippen LogP) is 2.36. The van der Waals surface area contributed by atoms with Gasteiger partial charge >= 0.3 is 0 Å². The minimum absolute atomic E-state index is 0. The van der Waals surface area contributed by atoms with Gasteiger partial charge in [0.1, 0.15) is 11.9 Å². The van der Waals surface area contributed by atoms with Crippen molar-refractivity contribution in [3.63, 3.8) is 0 Å². The van der Waals surface area contributed by atoms with Crippen LogP contribution >= 0.6 is 12.4 Å². The zero-order valence-corrected chi connectivity index (χ0v) is 9.35. The van der Waals surface area contributed by atoms with Gasteiger partial charge in [0.25, 0.3) is 0 Å². The van der Waals surface area contributed by atoms with Crippen molar-refractivity contribution >= 4 is 12.4 Å². The van der Waals surface area contributed by atoms with Gasteiger partial charge in [0, 0.05) is 18.5 Å². The smallest absolute Gasteiger partial charge is 0.115 e. The van der Waals surface area contributed by atoms with Crippen LogP contribution in [0.2, 0.25) is 0 Å². The third kappa shape index (κ3) is 2.41. The largest absolute Gasteiger partial charge is 0.508 e. The summed E-state index contributed by atoms with van der Waals surface area (Å²) in [7, 11) is 0. The van der Waals surface area contributed by atoms with Crippen molar-refractivity contribution in [3.8, 4) is 5.75 Å². The molecule has 2 unspecified atom stereocenters. The van der Waals surface area contributed by atoms with Gasteiger partial charge in [0.2, 0.25) is 0 Å². The van der Waals surface area contributed by atoms with E-state index in [9.17, 15) is 9.50 Å². The van der Waals surface area contributed by atoms with Crippen LogP contribution < -0.4 is 5.32 Å². The van der Waals surface area contributed by atoms with E-state index in [2.05, 4.69) is 5.32 Å². The number of rotatable bonds is 1. The Bertz CT molecular complexity index is 347. The lowest BCUT2D eigenvalue weighted by Gasteiger charge is -2.24. The number of halogens is 2. The molecule has 0 radical (unpaired) electrons. The minimum Gasteiger partial charge on any atom is -0.508 e. The molecule has 1 aliphatic heterocycles. The first-order valence-corrected chi connectivity index (χ1v) is 4.79. The number of alkyl halides is 1. The lowest BCUT2D eigenvalue weighted by atomic mass is 9.90. The van der Waals surface area contributed by atoms with Crippen molar-refractivity contribution in [2.75, 3.05) is 6.54 Å². The normalized spacial score (nSPS) is 29.9. The van der Waals surface area contributed by atoms with Gasteiger partial charge in [-0.2, -0.15) is 0 Å². The van der Waals surface area contributed by atoms with E-state index in [0.717, 1.165) is 5.56 Å². The van der Waals surface area contributed by atoms with Crippen molar-refractivity contribution in [2.24, 2.45) is 0 Å². The SMILES string of the molecule is CC1(c2cccc(O)c2)CC(F)CN1.Cl. The maximum absolute atomic E-state index is 13.1. The highest BCUT2D eigenvalue weighted by Gasteiger charge is 2.36. The summed E-state index contributed by atoms with van der Waals surface area (Å²) in [5.74, 6) is 0.229. The Morgan fingerprint density at radius 2 is 2.27 bits per heavy atom. The lowest BCUT2D eigenvalue weighted by molar-refractivity contribution is 0.333. The summed E-state index contributed by atoms with van der Waals surface area (Å²) in [6.07, 6.45) is -0.321. The molecule has 2 rings (SSSR count). The third-order valence-electron chi connectivity index (χ3n) is 2.83. The van der Waals surface area contributed by atoms with E-state index < -0.39 is 6.17 Å². The first-order valence-electron chi connectivity index (χ1n) is 4.79. The molecule has 4 heteroatoms. The molecule has 1 aromatic carbocycles. The molecule has 0 aromatic heterocycles. The molecule has 1 aliphatic rings. The number of benzene rings is 1. The summed E-state index contributed by atoms with van der Waals surface area (Å²) >= 11 is 0. The lowest BCUT2D eigenvalue weighted by Crippen LogP contribution is -2.32. The van der Waals surface area contributed by atoms with Crippen molar-refractivity contribution in [2.45, 2.75) is 25.1 Å². The zero-order chi connectivity index (χ0) is 10.2. The molecule has 1 saturated heterocycles. The van der Waals surface area contributed by atoms with E-state index >= 15 is 0 Å². The van der Waals surface area contributed by atoms with E-state index in [1.165, 1.54) is 0 Å². The van der Waals surface area contributed by atoms with E-state index in [1.54, 1.807) is 18.2 Å². The molecule has 2 atom stereocenters. The van der Waals surface area contributed by atoms with Crippen LogP contribution in [0.25, 0.3) is 0 Å². The predicted molar refractivity (Wildman–Crippen MR) is 60.2 cm³/mol. The van der Waals surface area contributed by atoms with Gasteiger partial charge < -0.3 is 10.4 Å². The fourth-order valence-corrected chi connectivity index (χ4v) is 1.99. The van der Waals surface area contributed by atoms with Gasteiger partial charge in [-0.25, -0.2) is 4.39 Å². The topological polar surface area (TPSA) is 32.3 Å². The highest BCUT2D eigenvalue weighted by molar-refractivity contribution is 5.85. The molecule has 0 amide bonds. The van der Waals surface area contributed by atoms with Crippen molar-refractivity contribution in [1.82, 2.24) is 5.32 Å². The van der Waals surface area contributed by atoms with Crippen LogP contribution in [0.5, 0.6) is 5.75 Å². The summed E-state index contributed by atoms with van der Waals surface area (Å²) in [5.41, 5.74) is 0.607. The van der Waals surface area contributed by atoms with Crippen LogP contribution in [0, 0.1) is 0 Å². The number of aromatic hydroxyl groups is 1. The van der Waals surface area contributed by atoms with E-state index in [-0.39, 0.29) is 23.7 Å². The van der Waals surface area contributed by atoms with Gasteiger partial charge in [0.05, 0.1) is 0 Å². The van der Waals surface area contributed by atoms with Crippen LogP contribution in [-0.2, 0) is 5.54 Å². The maximum atomic E-state index is 13.1. The molecular weight excluding hydrogens is 217 g/mol. The molecule has 0 spiro atoms. The Morgan fingerprint density at radius 1 is 1.53 bits per heavy atom. The van der Waals surface area contributed by atoms with Crippen molar-refractivity contribution in [3.05, 3.63) is 29.8 Å². The first-order chi connectivity index (χ1) is 6.60. The second-order valence-electron chi connectivity index (χ2n) is 4.06. The summed E-state index contributed by atoms with van der Waals surface area (Å²) in [6.45, 7) is 2.35. The standard InChI is InChI=1S/C11H14FNO.ClH/c1-11(6-9(12)7-13-11)8-3-2-4-10(14)5-8;/h2-5,9,13-14H,6-7H2,1H3;1H. The molecule has 2 nitrogen and oxygen atoms in total. The van der Waals surface area contributed by atoms with E-state index in [0.29, 0.717) is 13.0 Å². The van der Waals surface area contributed by atoms with E-state index in [4.69, 9.17) is 0 Å². The molecule has 1 fully saturated rings. The van der Waals surface area contributed by atoms with Crippen LogP contribution in [0.4, 0.5) is 4.39 Å². The average molecular weight is 232 g/mol. The van der Waals surface area contributed by atoms with Crippen molar-refractivity contribution in [1.29, 1.82) is 0 Å². The van der Waals surface area contributed by atoms with Gasteiger partial charge in [-0.3, -0.25) is 0 Å². The number of hydrogen-bond acceptors (Lipinski definition) is 2. The molecule has 1 heterocycles. The summed E-state index contributed by atoms with van der Waals surface area (Å²) in [4.78, 5) is 0. The summed E-state index contributed by atoms with van der Waals surface area (Å²) in [5, 5.41) is 12.5. The second-order valence-corrected chi connectivity index (χ2v) is 4.06. The van der Waals surface area contributed by atoms with Crippen LogP contribution in [-0.4, -0.2) is 17.8 Å². The van der Waals surface area contributed by atoms with Gasteiger partial charge in [-0.1, -0.05) is 12.1 Å². The molecule has 15 heavy (non-hydrogen) atoms. The number of hydrogen-bond donors (Lipinski definition) is 2. The Balaban J connectivity index is 0.00000112. The Morgan fingerprint density at radius 3 is 2.80 bits per heavy atom. The Hall–Kier alpha value is -0.800. The van der Waals surface area contributed by atoms with E-state index in [1.807, 2.05) is 13.0 Å². The summed E-state index contributed by atoms with van der Waals surface area (Å²) in [6, 6.07) is 6.99. The molecule has 0 saturated carbocycles.